The number of hydrogen-bond donors (Lipinski definition) is 1. The molecule has 0 saturated carbocycles. The van der Waals surface area contributed by atoms with Gasteiger partial charge in [0.15, 0.2) is 0 Å². The van der Waals surface area contributed by atoms with Crippen LogP contribution in [0.4, 0.5) is 5.69 Å². The Morgan fingerprint density at radius 1 is 1.56 bits per heavy atom. The Hall–Kier alpha value is -1.49. The van der Waals surface area contributed by atoms with Crippen molar-refractivity contribution < 1.29 is 9.53 Å². The molecule has 0 aliphatic rings. The largest absolute Gasteiger partial charge is 0.464 e. The second-order valence-electron chi connectivity index (χ2n) is 4.00. The average Bonchev–Trinajstić information content (AvgIpc) is 2.58. The van der Waals surface area contributed by atoms with Gasteiger partial charge in [-0.1, -0.05) is 0 Å². The van der Waals surface area contributed by atoms with Crippen LogP contribution >= 0.6 is 0 Å². The maximum Gasteiger partial charge on any atom is 0.354 e. The summed E-state index contributed by atoms with van der Waals surface area (Å²) in [5.41, 5.74) is 6.77. The molecular formula is C11H19N3O2. The third-order valence-corrected chi connectivity index (χ3v) is 2.32. The maximum atomic E-state index is 11.4. The molecular weight excluding hydrogens is 206 g/mol. The lowest BCUT2D eigenvalue weighted by Gasteiger charge is -2.11. The number of nitrogens with zero attached hydrogens (tertiary/aromatic N) is 2. The molecule has 0 radical (unpaired) electrons. The lowest BCUT2D eigenvalue weighted by molar-refractivity contribution is 0.0588. The average molecular weight is 225 g/mol. The van der Waals surface area contributed by atoms with Gasteiger partial charge in [0.1, 0.15) is 5.69 Å². The summed E-state index contributed by atoms with van der Waals surface area (Å²) >= 11 is 0. The molecule has 16 heavy (non-hydrogen) atoms. The molecule has 0 spiro atoms. The van der Waals surface area contributed by atoms with Crippen molar-refractivity contribution in [3.05, 3.63) is 18.0 Å². The SMILES string of the molecule is COC(=O)c1cc(N)cn1CCCN(C)C. The van der Waals surface area contributed by atoms with E-state index >= 15 is 0 Å². The van der Waals surface area contributed by atoms with E-state index in [2.05, 4.69) is 4.90 Å². The van der Waals surface area contributed by atoms with Crippen LogP contribution in [0.3, 0.4) is 0 Å². The Morgan fingerprint density at radius 3 is 2.81 bits per heavy atom. The van der Waals surface area contributed by atoms with Gasteiger partial charge in [-0.2, -0.15) is 0 Å². The highest BCUT2D eigenvalue weighted by Crippen LogP contribution is 2.12. The van der Waals surface area contributed by atoms with E-state index in [1.54, 1.807) is 12.3 Å². The predicted molar refractivity (Wildman–Crippen MR) is 63.4 cm³/mol. The first-order valence-corrected chi connectivity index (χ1v) is 5.23. The Balaban J connectivity index is 2.67. The molecule has 0 saturated heterocycles. The third kappa shape index (κ3) is 3.27. The molecule has 0 aliphatic carbocycles. The van der Waals surface area contributed by atoms with E-state index in [0.29, 0.717) is 11.4 Å². The molecule has 1 rings (SSSR count). The van der Waals surface area contributed by atoms with Crippen molar-refractivity contribution in [2.75, 3.05) is 33.5 Å². The van der Waals surface area contributed by atoms with Crippen LogP contribution in [0.5, 0.6) is 0 Å². The monoisotopic (exact) mass is 225 g/mol. The van der Waals surface area contributed by atoms with Crippen LogP contribution < -0.4 is 5.73 Å². The summed E-state index contributed by atoms with van der Waals surface area (Å²) in [6, 6.07) is 1.64. The lowest BCUT2D eigenvalue weighted by Crippen LogP contribution is -2.16. The highest BCUT2D eigenvalue weighted by molar-refractivity contribution is 5.88. The Morgan fingerprint density at radius 2 is 2.25 bits per heavy atom. The number of aromatic nitrogens is 1. The molecule has 5 heteroatoms. The first-order valence-electron chi connectivity index (χ1n) is 5.23. The number of carbonyl (C=O) groups is 1. The van der Waals surface area contributed by atoms with E-state index in [1.165, 1.54) is 7.11 Å². The highest BCUT2D eigenvalue weighted by atomic mass is 16.5. The van der Waals surface area contributed by atoms with Crippen LogP contribution in [0.2, 0.25) is 0 Å². The van der Waals surface area contributed by atoms with E-state index in [4.69, 9.17) is 10.5 Å². The van der Waals surface area contributed by atoms with Crippen molar-refractivity contribution in [3.8, 4) is 0 Å². The number of nitrogen functional groups attached to an aromatic ring is 1. The number of carbonyl (C=O) groups excluding carboxylic acids is 1. The molecule has 0 unspecified atom stereocenters. The van der Waals surface area contributed by atoms with Gasteiger partial charge in [0.05, 0.1) is 12.8 Å². The van der Waals surface area contributed by atoms with Crippen LogP contribution in [0.15, 0.2) is 12.3 Å². The predicted octanol–water partition coefficient (Wildman–Crippen LogP) is 0.809. The molecule has 0 aliphatic heterocycles. The molecule has 0 bridgehead atoms. The minimum absolute atomic E-state index is 0.346. The number of methoxy groups -OCH3 is 1. The molecule has 90 valence electrons. The highest BCUT2D eigenvalue weighted by Gasteiger charge is 2.12. The number of nitrogens with two attached hydrogens (primary N) is 1. The van der Waals surface area contributed by atoms with Gasteiger partial charge in [0.25, 0.3) is 0 Å². The van der Waals surface area contributed by atoms with Crippen LogP contribution in [0.25, 0.3) is 0 Å². The van der Waals surface area contributed by atoms with Crippen molar-refractivity contribution in [3.63, 3.8) is 0 Å². The summed E-state index contributed by atoms with van der Waals surface area (Å²) < 4.78 is 6.53. The molecule has 1 aromatic heterocycles. The van der Waals surface area contributed by atoms with Crippen LogP contribution in [-0.2, 0) is 11.3 Å². The number of anilines is 1. The first kappa shape index (κ1) is 12.6. The molecule has 0 atom stereocenters. The fraction of sp³-hybridized carbons (Fsp3) is 0.545. The summed E-state index contributed by atoms with van der Waals surface area (Å²) in [6.07, 6.45) is 2.73. The summed E-state index contributed by atoms with van der Waals surface area (Å²) in [5.74, 6) is -0.346. The number of aryl methyl sites for hydroxylation is 1. The molecule has 1 aromatic rings. The number of hydrogen-bond acceptors (Lipinski definition) is 4. The van der Waals surface area contributed by atoms with Crippen molar-refractivity contribution in [1.82, 2.24) is 9.47 Å². The maximum absolute atomic E-state index is 11.4. The fourth-order valence-electron chi connectivity index (χ4n) is 1.55. The number of esters is 1. The van der Waals surface area contributed by atoms with Crippen molar-refractivity contribution in [2.45, 2.75) is 13.0 Å². The zero-order chi connectivity index (χ0) is 12.1. The normalized spacial score (nSPS) is 10.8. The minimum atomic E-state index is -0.346. The van der Waals surface area contributed by atoms with Crippen molar-refractivity contribution in [2.24, 2.45) is 0 Å². The van der Waals surface area contributed by atoms with Crippen LogP contribution in [0.1, 0.15) is 16.9 Å². The number of rotatable bonds is 5. The lowest BCUT2D eigenvalue weighted by atomic mass is 10.3. The zero-order valence-corrected chi connectivity index (χ0v) is 10.1. The Bertz CT molecular complexity index is 358. The van der Waals surface area contributed by atoms with E-state index in [9.17, 15) is 4.79 Å². The topological polar surface area (TPSA) is 60.5 Å². The van der Waals surface area contributed by atoms with Gasteiger partial charge >= 0.3 is 5.97 Å². The van der Waals surface area contributed by atoms with Crippen molar-refractivity contribution >= 4 is 11.7 Å². The van der Waals surface area contributed by atoms with Gasteiger partial charge in [0.2, 0.25) is 0 Å². The number of ether oxygens (including phenoxy) is 1. The zero-order valence-electron chi connectivity index (χ0n) is 10.1. The first-order chi connectivity index (χ1) is 7.54. The second kappa shape index (κ2) is 5.55. The van der Waals surface area contributed by atoms with Gasteiger partial charge in [-0.15, -0.1) is 0 Å². The van der Waals surface area contributed by atoms with Gasteiger partial charge in [-0.3, -0.25) is 0 Å². The fourth-order valence-corrected chi connectivity index (χ4v) is 1.55. The van der Waals surface area contributed by atoms with Gasteiger partial charge in [-0.05, 0) is 33.1 Å². The summed E-state index contributed by atoms with van der Waals surface area (Å²) in [5, 5.41) is 0. The van der Waals surface area contributed by atoms with Crippen molar-refractivity contribution in [1.29, 1.82) is 0 Å². The quantitative estimate of drug-likeness (QED) is 0.753. The van der Waals surface area contributed by atoms with Crippen LogP contribution in [-0.4, -0.2) is 43.2 Å². The van der Waals surface area contributed by atoms with Gasteiger partial charge in [0, 0.05) is 12.7 Å². The molecule has 0 fully saturated rings. The molecule has 0 amide bonds. The van der Waals surface area contributed by atoms with E-state index in [-0.39, 0.29) is 5.97 Å². The summed E-state index contributed by atoms with van der Waals surface area (Å²) in [6.45, 7) is 1.73. The molecule has 2 N–H and O–H groups in total. The summed E-state index contributed by atoms with van der Waals surface area (Å²) in [4.78, 5) is 13.5. The van der Waals surface area contributed by atoms with Gasteiger partial charge < -0.3 is 19.9 Å². The van der Waals surface area contributed by atoms with E-state index < -0.39 is 0 Å². The molecule has 1 heterocycles. The van der Waals surface area contributed by atoms with E-state index in [0.717, 1.165) is 19.5 Å². The molecule has 5 nitrogen and oxygen atoms in total. The smallest absolute Gasteiger partial charge is 0.354 e. The third-order valence-electron chi connectivity index (χ3n) is 2.32. The molecule has 0 aromatic carbocycles. The second-order valence-corrected chi connectivity index (χ2v) is 4.00. The summed E-state index contributed by atoms with van der Waals surface area (Å²) in [7, 11) is 5.41. The van der Waals surface area contributed by atoms with E-state index in [1.807, 2.05) is 18.7 Å². The van der Waals surface area contributed by atoms with Crippen LogP contribution in [0, 0.1) is 0 Å². The Kier molecular flexibility index (Phi) is 4.37. The standard InChI is InChI=1S/C11H19N3O2/c1-13(2)5-4-6-14-8-9(12)7-10(14)11(15)16-3/h7-8H,4-6,12H2,1-3H3. The van der Waals surface area contributed by atoms with Gasteiger partial charge in [-0.25, -0.2) is 4.79 Å². The minimum Gasteiger partial charge on any atom is -0.464 e. The Labute approximate surface area is 95.8 Å².